The van der Waals surface area contributed by atoms with E-state index in [0.29, 0.717) is 13.0 Å². The van der Waals surface area contributed by atoms with Crippen LogP contribution < -0.4 is 16.4 Å². The summed E-state index contributed by atoms with van der Waals surface area (Å²) in [5.74, 6) is -1.04. The number of carboxylic acids is 1. The summed E-state index contributed by atoms with van der Waals surface area (Å²) in [5, 5.41) is 14.8. The van der Waals surface area contributed by atoms with Gasteiger partial charge in [0.25, 0.3) is 0 Å². The van der Waals surface area contributed by atoms with E-state index in [0.717, 1.165) is 38.8 Å². The number of alkyl carbamates (subject to hydrolysis) is 1. The summed E-state index contributed by atoms with van der Waals surface area (Å²) in [6.45, 7) is 7.67. The van der Waals surface area contributed by atoms with Gasteiger partial charge in [-0.2, -0.15) is 0 Å². The molecule has 1 amide bonds. The van der Waals surface area contributed by atoms with E-state index in [4.69, 9.17) is 15.6 Å². The van der Waals surface area contributed by atoms with Gasteiger partial charge in [0.1, 0.15) is 11.6 Å². The van der Waals surface area contributed by atoms with E-state index >= 15 is 0 Å². The third-order valence-corrected chi connectivity index (χ3v) is 2.89. The zero-order chi connectivity index (χ0) is 17.0. The second-order valence-electron chi connectivity index (χ2n) is 6.28. The number of unbranched alkanes of at least 4 members (excludes halogenated alkanes) is 2. The normalized spacial score (nSPS) is 12.7. The molecule has 0 saturated heterocycles. The molecule has 22 heavy (non-hydrogen) atoms. The van der Waals surface area contributed by atoms with E-state index < -0.39 is 23.7 Å². The van der Waals surface area contributed by atoms with E-state index in [9.17, 15) is 9.59 Å². The van der Waals surface area contributed by atoms with Crippen LogP contribution in [0.4, 0.5) is 4.79 Å². The predicted octanol–water partition coefficient (Wildman–Crippen LogP) is 1.46. The van der Waals surface area contributed by atoms with E-state index in [2.05, 4.69) is 10.6 Å². The summed E-state index contributed by atoms with van der Waals surface area (Å²) < 4.78 is 5.06. The van der Waals surface area contributed by atoms with Crippen molar-refractivity contribution < 1.29 is 19.4 Å². The van der Waals surface area contributed by atoms with Crippen molar-refractivity contribution in [2.75, 3.05) is 19.6 Å². The number of hydrogen-bond acceptors (Lipinski definition) is 5. The lowest BCUT2D eigenvalue weighted by molar-refractivity contribution is -0.139. The highest BCUT2D eigenvalue weighted by Gasteiger charge is 2.23. The number of rotatable bonds is 11. The Morgan fingerprint density at radius 2 is 1.73 bits per heavy atom. The minimum atomic E-state index is -1.04. The van der Waals surface area contributed by atoms with Gasteiger partial charge in [0, 0.05) is 0 Å². The molecule has 0 unspecified atom stereocenters. The Balaban J connectivity index is 3.87. The Bertz CT molecular complexity index is 329. The van der Waals surface area contributed by atoms with Crippen molar-refractivity contribution in [1.29, 1.82) is 0 Å². The summed E-state index contributed by atoms with van der Waals surface area (Å²) in [6.07, 6.45) is 3.33. The monoisotopic (exact) mass is 317 g/mol. The molecule has 5 N–H and O–H groups in total. The average molecular weight is 317 g/mol. The first-order valence-electron chi connectivity index (χ1n) is 7.89. The van der Waals surface area contributed by atoms with Crippen LogP contribution in [-0.2, 0) is 9.53 Å². The summed E-state index contributed by atoms with van der Waals surface area (Å²) >= 11 is 0. The first-order valence-corrected chi connectivity index (χ1v) is 7.89. The zero-order valence-electron chi connectivity index (χ0n) is 14.0. The van der Waals surface area contributed by atoms with Gasteiger partial charge < -0.3 is 26.2 Å². The van der Waals surface area contributed by atoms with Gasteiger partial charge in [-0.3, -0.25) is 0 Å². The molecule has 0 aromatic heterocycles. The van der Waals surface area contributed by atoms with Crippen LogP contribution in [0.15, 0.2) is 0 Å². The molecule has 0 spiro atoms. The van der Waals surface area contributed by atoms with Crippen molar-refractivity contribution in [2.45, 2.75) is 64.5 Å². The molecule has 0 rings (SSSR count). The van der Waals surface area contributed by atoms with Crippen LogP contribution in [0.5, 0.6) is 0 Å². The van der Waals surface area contributed by atoms with Crippen molar-refractivity contribution in [3.05, 3.63) is 0 Å². The fourth-order valence-corrected chi connectivity index (χ4v) is 1.82. The topological polar surface area (TPSA) is 114 Å². The van der Waals surface area contributed by atoms with Crippen molar-refractivity contribution in [3.8, 4) is 0 Å². The molecule has 0 aromatic rings. The van der Waals surface area contributed by atoms with Gasteiger partial charge in [0.15, 0.2) is 0 Å². The number of carboxylic acid groups (broad SMARTS) is 1. The SMILES string of the molecule is CC(C)(C)OC(=O)N[C@@H](CCCCNCCCCN)C(=O)O. The first kappa shape index (κ1) is 20.7. The highest BCUT2D eigenvalue weighted by Crippen LogP contribution is 2.08. The fourth-order valence-electron chi connectivity index (χ4n) is 1.82. The second kappa shape index (κ2) is 11.3. The van der Waals surface area contributed by atoms with Gasteiger partial charge in [0.05, 0.1) is 0 Å². The van der Waals surface area contributed by atoms with E-state index in [-0.39, 0.29) is 0 Å². The second-order valence-corrected chi connectivity index (χ2v) is 6.28. The number of carbonyl (C=O) groups excluding carboxylic acids is 1. The third kappa shape index (κ3) is 12.4. The molecule has 0 saturated carbocycles. The molecule has 130 valence electrons. The number of ether oxygens (including phenoxy) is 1. The van der Waals surface area contributed by atoms with Crippen LogP contribution in [0.1, 0.15) is 52.9 Å². The number of nitrogens with two attached hydrogens (primary N) is 1. The standard InChI is InChI=1S/C15H31N3O4/c1-15(2,3)22-14(21)18-12(13(19)20)8-4-6-10-17-11-7-5-9-16/h12,17H,4-11,16H2,1-3H3,(H,18,21)(H,19,20)/t12-/m0/s1. The van der Waals surface area contributed by atoms with Crippen molar-refractivity contribution >= 4 is 12.1 Å². The molecule has 7 nitrogen and oxygen atoms in total. The highest BCUT2D eigenvalue weighted by atomic mass is 16.6. The largest absolute Gasteiger partial charge is 0.480 e. The molecular formula is C15H31N3O4. The van der Waals surface area contributed by atoms with Crippen LogP contribution in [0.2, 0.25) is 0 Å². The van der Waals surface area contributed by atoms with Crippen molar-refractivity contribution in [3.63, 3.8) is 0 Å². The summed E-state index contributed by atoms with van der Waals surface area (Å²) in [6, 6.07) is -0.910. The molecule has 0 aliphatic carbocycles. The summed E-state index contributed by atoms with van der Waals surface area (Å²) in [4.78, 5) is 22.7. The van der Waals surface area contributed by atoms with Gasteiger partial charge in [-0.1, -0.05) is 0 Å². The summed E-state index contributed by atoms with van der Waals surface area (Å²) in [7, 11) is 0. The number of amides is 1. The molecular weight excluding hydrogens is 286 g/mol. The molecule has 0 fully saturated rings. The first-order chi connectivity index (χ1) is 10.3. The number of nitrogens with one attached hydrogen (secondary N) is 2. The van der Waals surface area contributed by atoms with Gasteiger partial charge in [-0.25, -0.2) is 9.59 Å². The van der Waals surface area contributed by atoms with Crippen LogP contribution in [-0.4, -0.2) is 48.4 Å². The molecule has 0 heterocycles. The minimum Gasteiger partial charge on any atom is -0.480 e. The highest BCUT2D eigenvalue weighted by molar-refractivity contribution is 5.79. The van der Waals surface area contributed by atoms with Crippen LogP contribution >= 0.6 is 0 Å². The molecule has 1 atom stereocenters. The number of aliphatic carboxylic acids is 1. The van der Waals surface area contributed by atoms with Crippen LogP contribution in [0, 0.1) is 0 Å². The maximum absolute atomic E-state index is 11.6. The Morgan fingerprint density at radius 1 is 1.14 bits per heavy atom. The van der Waals surface area contributed by atoms with E-state index in [1.165, 1.54) is 0 Å². The molecule has 7 heteroatoms. The predicted molar refractivity (Wildman–Crippen MR) is 85.8 cm³/mol. The van der Waals surface area contributed by atoms with Crippen LogP contribution in [0.3, 0.4) is 0 Å². The lowest BCUT2D eigenvalue weighted by Gasteiger charge is -2.22. The Labute approximate surface area is 133 Å². The smallest absolute Gasteiger partial charge is 0.408 e. The Morgan fingerprint density at radius 3 is 2.23 bits per heavy atom. The number of carbonyl (C=O) groups is 2. The van der Waals surface area contributed by atoms with Gasteiger partial charge >= 0.3 is 12.1 Å². The molecule has 0 aromatic carbocycles. The minimum absolute atomic E-state index is 0.388. The molecule has 0 aliphatic heterocycles. The zero-order valence-corrected chi connectivity index (χ0v) is 14.0. The Hall–Kier alpha value is -1.34. The van der Waals surface area contributed by atoms with Gasteiger partial charge in [-0.05, 0) is 72.5 Å². The molecule has 0 aliphatic rings. The lowest BCUT2D eigenvalue weighted by Crippen LogP contribution is -2.43. The van der Waals surface area contributed by atoms with E-state index in [1.807, 2.05) is 0 Å². The van der Waals surface area contributed by atoms with Crippen molar-refractivity contribution in [1.82, 2.24) is 10.6 Å². The molecule has 0 bridgehead atoms. The third-order valence-electron chi connectivity index (χ3n) is 2.89. The van der Waals surface area contributed by atoms with Crippen molar-refractivity contribution in [2.24, 2.45) is 5.73 Å². The Kier molecular flexibility index (Phi) is 10.6. The average Bonchev–Trinajstić information content (AvgIpc) is 2.38. The maximum atomic E-state index is 11.6. The lowest BCUT2D eigenvalue weighted by atomic mass is 10.1. The van der Waals surface area contributed by atoms with Crippen LogP contribution in [0.25, 0.3) is 0 Å². The van der Waals surface area contributed by atoms with Gasteiger partial charge in [-0.15, -0.1) is 0 Å². The number of hydrogen-bond donors (Lipinski definition) is 4. The molecule has 0 radical (unpaired) electrons. The fraction of sp³-hybridized carbons (Fsp3) is 0.867. The summed E-state index contributed by atoms with van der Waals surface area (Å²) in [5.41, 5.74) is 4.76. The van der Waals surface area contributed by atoms with Gasteiger partial charge in [0.2, 0.25) is 0 Å². The quantitative estimate of drug-likeness (QED) is 0.429. The van der Waals surface area contributed by atoms with E-state index in [1.54, 1.807) is 20.8 Å². The maximum Gasteiger partial charge on any atom is 0.408 e.